The van der Waals surface area contributed by atoms with Crippen molar-refractivity contribution in [2.75, 3.05) is 7.11 Å². The number of ether oxygens (including phenoxy) is 1. The van der Waals surface area contributed by atoms with Gasteiger partial charge in [-0.15, -0.1) is 0 Å². The van der Waals surface area contributed by atoms with Gasteiger partial charge in [-0.25, -0.2) is 0 Å². The van der Waals surface area contributed by atoms with Crippen LogP contribution in [0.3, 0.4) is 0 Å². The van der Waals surface area contributed by atoms with Crippen LogP contribution in [0.25, 0.3) is 6.08 Å². The van der Waals surface area contributed by atoms with Crippen LogP contribution >= 0.6 is 0 Å². The van der Waals surface area contributed by atoms with Gasteiger partial charge in [0, 0.05) is 5.56 Å². The Morgan fingerprint density at radius 2 is 2.18 bits per heavy atom. The molecular formula is C14H12O3. The highest BCUT2D eigenvalue weighted by molar-refractivity contribution is 6.06. The number of furan rings is 1. The van der Waals surface area contributed by atoms with Gasteiger partial charge in [-0.3, -0.25) is 4.79 Å². The lowest BCUT2D eigenvalue weighted by atomic mass is 10.1. The lowest BCUT2D eigenvalue weighted by Gasteiger charge is -2.00. The molecule has 1 aromatic carbocycles. The first-order valence-corrected chi connectivity index (χ1v) is 5.19. The highest BCUT2D eigenvalue weighted by atomic mass is 16.5. The molecule has 0 radical (unpaired) electrons. The zero-order valence-corrected chi connectivity index (χ0v) is 9.42. The van der Waals surface area contributed by atoms with E-state index in [1.54, 1.807) is 55.8 Å². The Bertz CT molecular complexity index is 524. The van der Waals surface area contributed by atoms with Gasteiger partial charge < -0.3 is 9.15 Å². The quantitative estimate of drug-likeness (QED) is 0.596. The van der Waals surface area contributed by atoms with Crippen molar-refractivity contribution in [2.24, 2.45) is 0 Å². The largest absolute Gasteiger partial charge is 0.497 e. The number of allylic oxidation sites excluding steroid dienone is 1. The molecule has 0 bridgehead atoms. The van der Waals surface area contributed by atoms with Crippen LogP contribution in [0.15, 0.2) is 53.2 Å². The number of rotatable bonds is 4. The highest BCUT2D eigenvalue weighted by Crippen LogP contribution is 2.14. The van der Waals surface area contributed by atoms with Crippen molar-refractivity contribution < 1.29 is 13.9 Å². The summed E-state index contributed by atoms with van der Waals surface area (Å²) < 4.78 is 10.2. The molecule has 0 spiro atoms. The molecule has 0 aliphatic carbocycles. The third-order valence-corrected chi connectivity index (χ3v) is 2.30. The number of benzene rings is 1. The summed E-state index contributed by atoms with van der Waals surface area (Å²) in [6.45, 7) is 0. The van der Waals surface area contributed by atoms with Crippen molar-refractivity contribution in [1.82, 2.24) is 0 Å². The smallest absolute Gasteiger partial charge is 0.186 e. The van der Waals surface area contributed by atoms with Gasteiger partial charge in [0.25, 0.3) is 0 Å². The van der Waals surface area contributed by atoms with Crippen LogP contribution in [0.2, 0.25) is 0 Å². The van der Waals surface area contributed by atoms with E-state index in [-0.39, 0.29) is 5.78 Å². The predicted molar refractivity (Wildman–Crippen MR) is 65.1 cm³/mol. The van der Waals surface area contributed by atoms with Crippen LogP contribution in [0, 0.1) is 0 Å². The molecule has 17 heavy (non-hydrogen) atoms. The molecule has 0 aliphatic rings. The fourth-order valence-corrected chi connectivity index (χ4v) is 1.42. The minimum atomic E-state index is -0.0831. The fraction of sp³-hybridized carbons (Fsp3) is 0.0714. The number of hydrogen-bond acceptors (Lipinski definition) is 3. The molecule has 0 fully saturated rings. The standard InChI is InChI=1S/C14H12O3/c1-16-13-5-2-4-11(10-13)14(15)8-7-12-6-3-9-17-12/h2-10H,1H3/b8-7+. The van der Waals surface area contributed by atoms with E-state index in [1.807, 2.05) is 0 Å². The van der Waals surface area contributed by atoms with Gasteiger partial charge in [0.05, 0.1) is 13.4 Å². The van der Waals surface area contributed by atoms with Gasteiger partial charge in [0.15, 0.2) is 5.78 Å². The van der Waals surface area contributed by atoms with Crippen LogP contribution < -0.4 is 4.74 Å². The average Bonchev–Trinajstić information content (AvgIpc) is 2.89. The summed E-state index contributed by atoms with van der Waals surface area (Å²) in [6, 6.07) is 10.6. The van der Waals surface area contributed by atoms with Crippen LogP contribution in [0.1, 0.15) is 16.1 Å². The minimum Gasteiger partial charge on any atom is -0.497 e. The molecule has 3 nitrogen and oxygen atoms in total. The van der Waals surface area contributed by atoms with Crippen molar-refractivity contribution in [2.45, 2.75) is 0 Å². The SMILES string of the molecule is COc1cccc(C(=O)/C=C/c2ccco2)c1. The van der Waals surface area contributed by atoms with Gasteiger partial charge in [-0.2, -0.15) is 0 Å². The normalized spacial score (nSPS) is 10.6. The summed E-state index contributed by atoms with van der Waals surface area (Å²) in [7, 11) is 1.57. The lowest BCUT2D eigenvalue weighted by molar-refractivity contribution is 0.104. The molecule has 0 aliphatic heterocycles. The van der Waals surface area contributed by atoms with E-state index < -0.39 is 0 Å². The number of methoxy groups -OCH3 is 1. The zero-order valence-electron chi connectivity index (χ0n) is 9.42. The zero-order chi connectivity index (χ0) is 12.1. The molecule has 0 saturated carbocycles. The molecule has 3 heteroatoms. The monoisotopic (exact) mass is 228 g/mol. The molecule has 1 aromatic heterocycles. The van der Waals surface area contributed by atoms with E-state index in [0.29, 0.717) is 17.1 Å². The Morgan fingerprint density at radius 1 is 1.29 bits per heavy atom. The molecule has 0 unspecified atom stereocenters. The van der Waals surface area contributed by atoms with Gasteiger partial charge in [0.1, 0.15) is 11.5 Å². The van der Waals surface area contributed by atoms with E-state index in [0.717, 1.165) is 0 Å². The second-order valence-corrected chi connectivity index (χ2v) is 3.44. The molecule has 86 valence electrons. The van der Waals surface area contributed by atoms with Crippen LogP contribution in [0.5, 0.6) is 5.75 Å². The second-order valence-electron chi connectivity index (χ2n) is 3.44. The summed E-state index contributed by atoms with van der Waals surface area (Å²) in [5, 5.41) is 0. The number of carbonyl (C=O) groups is 1. The van der Waals surface area contributed by atoms with Gasteiger partial charge in [0.2, 0.25) is 0 Å². The molecule has 0 amide bonds. The Kier molecular flexibility index (Phi) is 3.40. The summed E-state index contributed by atoms with van der Waals surface area (Å²) >= 11 is 0. The maximum Gasteiger partial charge on any atom is 0.186 e. The molecule has 0 atom stereocenters. The lowest BCUT2D eigenvalue weighted by Crippen LogP contribution is -1.94. The van der Waals surface area contributed by atoms with Gasteiger partial charge in [-0.1, -0.05) is 12.1 Å². The van der Waals surface area contributed by atoms with E-state index in [1.165, 1.54) is 6.08 Å². The minimum absolute atomic E-state index is 0.0831. The van der Waals surface area contributed by atoms with Crippen molar-refractivity contribution >= 4 is 11.9 Å². The first kappa shape index (κ1) is 11.2. The molecule has 0 N–H and O–H groups in total. The number of carbonyl (C=O) groups excluding carboxylic acids is 1. The third-order valence-electron chi connectivity index (χ3n) is 2.30. The number of ketones is 1. The molecule has 1 heterocycles. The van der Waals surface area contributed by atoms with Crippen molar-refractivity contribution in [3.63, 3.8) is 0 Å². The summed E-state index contributed by atoms with van der Waals surface area (Å²) in [6.07, 6.45) is 4.69. The first-order chi connectivity index (χ1) is 8.29. The van der Waals surface area contributed by atoms with E-state index >= 15 is 0 Å². The van der Waals surface area contributed by atoms with Gasteiger partial charge in [-0.05, 0) is 36.4 Å². The maximum absolute atomic E-state index is 11.8. The maximum atomic E-state index is 11.8. The third kappa shape index (κ3) is 2.84. The molecular weight excluding hydrogens is 216 g/mol. The Morgan fingerprint density at radius 3 is 2.88 bits per heavy atom. The molecule has 2 rings (SSSR count). The summed E-state index contributed by atoms with van der Waals surface area (Å²) in [4.78, 5) is 11.8. The van der Waals surface area contributed by atoms with E-state index in [9.17, 15) is 4.79 Å². The van der Waals surface area contributed by atoms with E-state index in [2.05, 4.69) is 0 Å². The fourth-order valence-electron chi connectivity index (χ4n) is 1.42. The summed E-state index contributed by atoms with van der Waals surface area (Å²) in [5.74, 6) is 1.24. The van der Waals surface area contributed by atoms with Crippen LogP contribution in [-0.4, -0.2) is 12.9 Å². The topological polar surface area (TPSA) is 39.4 Å². The summed E-state index contributed by atoms with van der Waals surface area (Å²) in [5.41, 5.74) is 0.590. The van der Waals surface area contributed by atoms with Crippen molar-refractivity contribution in [1.29, 1.82) is 0 Å². The Labute approximate surface area is 99.3 Å². The second kappa shape index (κ2) is 5.16. The van der Waals surface area contributed by atoms with Gasteiger partial charge >= 0.3 is 0 Å². The van der Waals surface area contributed by atoms with Crippen molar-refractivity contribution in [3.8, 4) is 5.75 Å². The average molecular weight is 228 g/mol. The Hall–Kier alpha value is -2.29. The first-order valence-electron chi connectivity index (χ1n) is 5.19. The van der Waals surface area contributed by atoms with Crippen molar-refractivity contribution in [3.05, 3.63) is 60.1 Å². The molecule has 2 aromatic rings. The highest BCUT2D eigenvalue weighted by Gasteiger charge is 2.03. The van der Waals surface area contributed by atoms with Crippen LogP contribution in [-0.2, 0) is 0 Å². The molecule has 0 saturated heterocycles. The number of hydrogen-bond donors (Lipinski definition) is 0. The predicted octanol–water partition coefficient (Wildman–Crippen LogP) is 3.18. The van der Waals surface area contributed by atoms with E-state index in [4.69, 9.17) is 9.15 Å². The Balaban J connectivity index is 2.14. The van der Waals surface area contributed by atoms with Crippen LogP contribution in [0.4, 0.5) is 0 Å².